The smallest absolute Gasteiger partial charge is 0.259 e. The predicted molar refractivity (Wildman–Crippen MR) is 86.9 cm³/mol. The minimum Gasteiger partial charge on any atom is -0.370 e. The number of anilines is 2. The van der Waals surface area contributed by atoms with Gasteiger partial charge in [-0.3, -0.25) is 4.79 Å². The van der Waals surface area contributed by atoms with E-state index < -0.39 is 0 Å². The molecular formula is C17H21N3O. The summed E-state index contributed by atoms with van der Waals surface area (Å²) in [5.41, 5.74) is 3.66. The lowest BCUT2D eigenvalue weighted by Crippen LogP contribution is -2.17. The Balaban J connectivity index is 2.31. The summed E-state index contributed by atoms with van der Waals surface area (Å²) in [4.78, 5) is 16.8. The van der Waals surface area contributed by atoms with Crippen molar-refractivity contribution >= 4 is 17.4 Å². The van der Waals surface area contributed by atoms with E-state index >= 15 is 0 Å². The van der Waals surface area contributed by atoms with Gasteiger partial charge in [0.1, 0.15) is 5.82 Å². The number of nitrogens with zero attached hydrogens (tertiary/aromatic N) is 1. The van der Waals surface area contributed by atoms with E-state index in [1.54, 1.807) is 18.3 Å². The van der Waals surface area contributed by atoms with Gasteiger partial charge < -0.3 is 10.6 Å². The van der Waals surface area contributed by atoms with Crippen LogP contribution < -0.4 is 10.6 Å². The Morgan fingerprint density at radius 3 is 2.71 bits per heavy atom. The number of pyridine rings is 1. The van der Waals surface area contributed by atoms with Crippen LogP contribution in [0, 0.1) is 6.92 Å². The Morgan fingerprint density at radius 2 is 2.00 bits per heavy atom. The number of hydrogen-bond donors (Lipinski definition) is 2. The van der Waals surface area contributed by atoms with Crippen molar-refractivity contribution in [1.82, 2.24) is 4.98 Å². The molecule has 0 saturated heterocycles. The lowest BCUT2D eigenvalue weighted by Gasteiger charge is -2.14. The molecule has 0 radical (unpaired) electrons. The van der Waals surface area contributed by atoms with Crippen molar-refractivity contribution in [1.29, 1.82) is 0 Å². The molecule has 0 bridgehead atoms. The molecule has 2 aromatic rings. The molecule has 21 heavy (non-hydrogen) atoms. The third kappa shape index (κ3) is 3.40. The maximum atomic E-state index is 12.5. The highest BCUT2D eigenvalue weighted by Gasteiger charge is 2.14. The van der Waals surface area contributed by atoms with Crippen LogP contribution >= 0.6 is 0 Å². The largest absolute Gasteiger partial charge is 0.370 e. The van der Waals surface area contributed by atoms with Crippen LogP contribution in [-0.4, -0.2) is 17.4 Å². The number of amides is 1. The molecular weight excluding hydrogens is 262 g/mol. The number of para-hydroxylation sites is 1. The molecule has 0 spiro atoms. The number of hydrogen-bond acceptors (Lipinski definition) is 3. The van der Waals surface area contributed by atoms with Crippen molar-refractivity contribution in [3.8, 4) is 0 Å². The Labute approximate surface area is 125 Å². The van der Waals surface area contributed by atoms with E-state index in [2.05, 4.69) is 22.5 Å². The molecule has 0 fully saturated rings. The van der Waals surface area contributed by atoms with Crippen molar-refractivity contribution in [3.05, 3.63) is 53.2 Å². The van der Waals surface area contributed by atoms with Crippen LogP contribution in [0.1, 0.15) is 35.3 Å². The number of nitrogens with one attached hydrogen (secondary N) is 2. The topological polar surface area (TPSA) is 54.0 Å². The second-order valence-electron chi connectivity index (χ2n) is 4.85. The molecule has 0 unspecified atom stereocenters. The molecule has 0 aliphatic heterocycles. The average Bonchev–Trinajstić information content (AvgIpc) is 2.50. The van der Waals surface area contributed by atoms with E-state index in [1.165, 1.54) is 0 Å². The standard InChI is InChI=1S/C17H21N3O/c1-4-13-9-6-8-12(3)15(13)20-17(21)14-10-7-11-19-16(14)18-5-2/h6-11H,4-5H2,1-3H3,(H,18,19)(H,20,21). The fourth-order valence-corrected chi connectivity index (χ4v) is 2.28. The van der Waals surface area contributed by atoms with Gasteiger partial charge in [0.2, 0.25) is 0 Å². The zero-order valence-corrected chi connectivity index (χ0v) is 12.7. The highest BCUT2D eigenvalue weighted by molar-refractivity contribution is 6.08. The van der Waals surface area contributed by atoms with Crippen LogP contribution in [0.25, 0.3) is 0 Å². The highest BCUT2D eigenvalue weighted by atomic mass is 16.1. The molecule has 1 heterocycles. The fraction of sp³-hybridized carbons (Fsp3) is 0.294. The molecule has 0 aliphatic rings. The molecule has 0 saturated carbocycles. The molecule has 2 rings (SSSR count). The molecule has 110 valence electrons. The summed E-state index contributed by atoms with van der Waals surface area (Å²) < 4.78 is 0. The first kappa shape index (κ1) is 15.0. The van der Waals surface area contributed by atoms with Crippen LogP contribution in [-0.2, 0) is 6.42 Å². The maximum Gasteiger partial charge on any atom is 0.259 e. The van der Waals surface area contributed by atoms with Crippen LogP contribution in [0.2, 0.25) is 0 Å². The summed E-state index contributed by atoms with van der Waals surface area (Å²) in [6, 6.07) is 9.61. The molecule has 1 amide bonds. The molecule has 0 aliphatic carbocycles. The Kier molecular flexibility index (Phi) is 4.93. The molecule has 4 nitrogen and oxygen atoms in total. The van der Waals surface area contributed by atoms with Gasteiger partial charge in [0.25, 0.3) is 5.91 Å². The summed E-state index contributed by atoms with van der Waals surface area (Å²) >= 11 is 0. The Hall–Kier alpha value is -2.36. The molecule has 1 aromatic carbocycles. The van der Waals surface area contributed by atoms with Crippen molar-refractivity contribution in [2.45, 2.75) is 27.2 Å². The summed E-state index contributed by atoms with van der Waals surface area (Å²) in [6.07, 6.45) is 2.56. The monoisotopic (exact) mass is 283 g/mol. The van der Waals surface area contributed by atoms with Crippen molar-refractivity contribution in [3.63, 3.8) is 0 Å². The van der Waals surface area contributed by atoms with Crippen LogP contribution in [0.15, 0.2) is 36.5 Å². The van der Waals surface area contributed by atoms with E-state index in [0.717, 1.165) is 29.8 Å². The zero-order chi connectivity index (χ0) is 15.2. The summed E-state index contributed by atoms with van der Waals surface area (Å²) in [5, 5.41) is 6.14. The number of benzene rings is 1. The number of carbonyl (C=O) groups excluding carboxylic acids is 1. The lowest BCUT2D eigenvalue weighted by molar-refractivity contribution is 0.102. The number of carbonyl (C=O) groups is 1. The lowest BCUT2D eigenvalue weighted by atomic mass is 10.1. The normalized spacial score (nSPS) is 10.2. The minimum absolute atomic E-state index is 0.136. The average molecular weight is 283 g/mol. The van der Waals surface area contributed by atoms with Crippen molar-refractivity contribution in [2.75, 3.05) is 17.2 Å². The second kappa shape index (κ2) is 6.88. The number of aromatic nitrogens is 1. The number of aryl methyl sites for hydroxylation is 2. The summed E-state index contributed by atoms with van der Waals surface area (Å²) in [5.74, 6) is 0.479. The van der Waals surface area contributed by atoms with Crippen molar-refractivity contribution < 1.29 is 4.79 Å². The summed E-state index contributed by atoms with van der Waals surface area (Å²) in [6.45, 7) is 6.79. The maximum absolute atomic E-state index is 12.5. The van der Waals surface area contributed by atoms with Crippen LogP contribution in [0.4, 0.5) is 11.5 Å². The molecule has 1 aromatic heterocycles. The van der Waals surface area contributed by atoms with Crippen LogP contribution in [0.3, 0.4) is 0 Å². The summed E-state index contributed by atoms with van der Waals surface area (Å²) in [7, 11) is 0. The van der Waals surface area contributed by atoms with Gasteiger partial charge >= 0.3 is 0 Å². The third-order valence-corrected chi connectivity index (χ3v) is 3.38. The fourth-order valence-electron chi connectivity index (χ4n) is 2.28. The zero-order valence-electron chi connectivity index (χ0n) is 12.7. The quantitative estimate of drug-likeness (QED) is 0.881. The van der Waals surface area contributed by atoms with E-state index in [-0.39, 0.29) is 5.91 Å². The predicted octanol–water partition coefficient (Wildman–Crippen LogP) is 3.64. The van der Waals surface area contributed by atoms with Gasteiger partial charge in [-0.25, -0.2) is 4.98 Å². The number of rotatable bonds is 5. The van der Waals surface area contributed by atoms with E-state index in [9.17, 15) is 4.79 Å². The van der Waals surface area contributed by atoms with E-state index in [1.807, 2.05) is 32.0 Å². The molecule has 4 heteroatoms. The van der Waals surface area contributed by atoms with Gasteiger partial charge in [0.15, 0.2) is 0 Å². The first-order valence-corrected chi connectivity index (χ1v) is 7.26. The first-order chi connectivity index (χ1) is 10.2. The Morgan fingerprint density at radius 1 is 1.19 bits per heavy atom. The highest BCUT2D eigenvalue weighted by Crippen LogP contribution is 2.23. The van der Waals surface area contributed by atoms with Gasteiger partial charge in [0.05, 0.1) is 5.56 Å². The SMILES string of the molecule is CCNc1ncccc1C(=O)Nc1c(C)cccc1CC. The van der Waals surface area contributed by atoms with Gasteiger partial charge in [-0.05, 0) is 43.5 Å². The van der Waals surface area contributed by atoms with E-state index in [0.29, 0.717) is 11.4 Å². The van der Waals surface area contributed by atoms with Crippen molar-refractivity contribution in [2.24, 2.45) is 0 Å². The van der Waals surface area contributed by atoms with Gasteiger partial charge in [-0.1, -0.05) is 25.1 Å². The first-order valence-electron chi connectivity index (χ1n) is 7.26. The van der Waals surface area contributed by atoms with Gasteiger partial charge in [-0.2, -0.15) is 0 Å². The van der Waals surface area contributed by atoms with Gasteiger partial charge in [0, 0.05) is 18.4 Å². The van der Waals surface area contributed by atoms with Crippen LogP contribution in [0.5, 0.6) is 0 Å². The molecule has 2 N–H and O–H groups in total. The third-order valence-electron chi connectivity index (χ3n) is 3.38. The molecule has 0 atom stereocenters. The Bertz CT molecular complexity index is 638. The minimum atomic E-state index is -0.136. The van der Waals surface area contributed by atoms with E-state index in [4.69, 9.17) is 0 Å². The van der Waals surface area contributed by atoms with Gasteiger partial charge in [-0.15, -0.1) is 0 Å². The second-order valence-corrected chi connectivity index (χ2v) is 4.85.